The molecule has 1 heterocycles. The third kappa shape index (κ3) is 2.03. The minimum atomic E-state index is -0.607. The first-order valence-electron chi connectivity index (χ1n) is 7.55. The smallest absolute Gasteiger partial charge is 0.132 e. The second-order valence-electron chi connectivity index (χ2n) is 5.67. The molecule has 0 amide bonds. The lowest BCUT2D eigenvalue weighted by Crippen LogP contribution is -2.29. The van der Waals surface area contributed by atoms with E-state index >= 15 is 0 Å². The molecule has 2 aromatic carbocycles. The molecule has 1 aliphatic heterocycles. The fourth-order valence-electron chi connectivity index (χ4n) is 3.56. The topological polar surface area (TPSA) is 38.7 Å². The molecule has 3 rings (SSSR count). The zero-order chi connectivity index (χ0) is 15.1. The van der Waals surface area contributed by atoms with Crippen molar-refractivity contribution >= 4 is 10.8 Å². The Morgan fingerprint density at radius 1 is 1.14 bits per heavy atom. The van der Waals surface area contributed by atoms with Crippen LogP contribution in [-0.2, 0) is 11.2 Å². The van der Waals surface area contributed by atoms with Gasteiger partial charge in [-0.15, -0.1) is 0 Å². The standard InChI is InChI=1S/C18H22O3/c1-5-12-13-8-6-7-9-14(13)18(20-4)15-10(2)21-11(3)17(19)16(12)15/h6-11,17,19H,5H2,1-4H3/t10-,11-,17-/m1/s1. The lowest BCUT2D eigenvalue weighted by Gasteiger charge is -2.36. The second-order valence-corrected chi connectivity index (χ2v) is 5.67. The molecule has 0 saturated heterocycles. The van der Waals surface area contributed by atoms with Crippen molar-refractivity contribution in [3.8, 4) is 5.75 Å². The van der Waals surface area contributed by atoms with E-state index in [2.05, 4.69) is 19.1 Å². The molecule has 0 radical (unpaired) electrons. The molecule has 0 spiro atoms. The van der Waals surface area contributed by atoms with E-state index in [-0.39, 0.29) is 12.2 Å². The van der Waals surface area contributed by atoms with Crippen LogP contribution in [0.25, 0.3) is 10.8 Å². The van der Waals surface area contributed by atoms with Crippen LogP contribution in [0.2, 0.25) is 0 Å². The Kier molecular flexibility index (Phi) is 3.64. The summed E-state index contributed by atoms with van der Waals surface area (Å²) in [5.41, 5.74) is 3.20. The number of rotatable bonds is 2. The van der Waals surface area contributed by atoms with Gasteiger partial charge in [-0.2, -0.15) is 0 Å². The van der Waals surface area contributed by atoms with Gasteiger partial charge >= 0.3 is 0 Å². The Balaban J connectivity index is 2.46. The third-order valence-electron chi connectivity index (χ3n) is 4.48. The molecule has 0 aromatic heterocycles. The van der Waals surface area contributed by atoms with Gasteiger partial charge in [-0.1, -0.05) is 31.2 Å². The number of aliphatic hydroxyl groups is 1. The Bertz CT molecular complexity index is 678. The minimum Gasteiger partial charge on any atom is -0.496 e. The molecule has 0 aliphatic carbocycles. The third-order valence-corrected chi connectivity index (χ3v) is 4.48. The molecule has 0 unspecified atom stereocenters. The highest BCUT2D eigenvalue weighted by atomic mass is 16.5. The van der Waals surface area contributed by atoms with Gasteiger partial charge in [-0.25, -0.2) is 0 Å². The quantitative estimate of drug-likeness (QED) is 0.909. The molecule has 0 bridgehead atoms. The van der Waals surface area contributed by atoms with Crippen LogP contribution in [-0.4, -0.2) is 18.3 Å². The molecular weight excluding hydrogens is 264 g/mol. The summed E-state index contributed by atoms with van der Waals surface area (Å²) in [6.07, 6.45) is -0.0137. The maximum atomic E-state index is 10.7. The van der Waals surface area contributed by atoms with Crippen molar-refractivity contribution in [2.75, 3.05) is 7.11 Å². The number of ether oxygens (including phenoxy) is 2. The number of benzene rings is 2. The van der Waals surface area contributed by atoms with Gasteiger partial charge in [0.2, 0.25) is 0 Å². The number of hydrogen-bond acceptors (Lipinski definition) is 3. The summed E-state index contributed by atoms with van der Waals surface area (Å²) in [4.78, 5) is 0. The van der Waals surface area contributed by atoms with Crippen LogP contribution in [0.3, 0.4) is 0 Å². The number of aliphatic hydroxyl groups excluding tert-OH is 1. The van der Waals surface area contributed by atoms with Gasteiger partial charge in [0.25, 0.3) is 0 Å². The van der Waals surface area contributed by atoms with Gasteiger partial charge in [0.05, 0.1) is 19.3 Å². The molecule has 0 fully saturated rings. The predicted octanol–water partition coefficient (Wildman–Crippen LogP) is 3.92. The Labute approximate surface area is 125 Å². The van der Waals surface area contributed by atoms with Crippen LogP contribution in [0.1, 0.15) is 49.7 Å². The highest BCUT2D eigenvalue weighted by molar-refractivity contribution is 5.94. The van der Waals surface area contributed by atoms with E-state index in [1.807, 2.05) is 26.0 Å². The largest absolute Gasteiger partial charge is 0.496 e. The van der Waals surface area contributed by atoms with Crippen LogP contribution in [0.5, 0.6) is 5.75 Å². The summed E-state index contributed by atoms with van der Waals surface area (Å²) >= 11 is 0. The van der Waals surface area contributed by atoms with Crippen molar-refractivity contribution in [3.63, 3.8) is 0 Å². The van der Waals surface area contributed by atoms with Crippen LogP contribution in [0.4, 0.5) is 0 Å². The molecule has 3 heteroatoms. The minimum absolute atomic E-state index is 0.0803. The highest BCUT2D eigenvalue weighted by Gasteiger charge is 2.35. The molecule has 3 nitrogen and oxygen atoms in total. The Morgan fingerprint density at radius 2 is 1.81 bits per heavy atom. The molecule has 21 heavy (non-hydrogen) atoms. The van der Waals surface area contributed by atoms with E-state index in [1.54, 1.807) is 7.11 Å². The molecular formula is C18H22O3. The van der Waals surface area contributed by atoms with E-state index in [1.165, 1.54) is 5.56 Å². The lowest BCUT2D eigenvalue weighted by atomic mass is 9.83. The number of methoxy groups -OCH3 is 1. The maximum absolute atomic E-state index is 10.7. The zero-order valence-electron chi connectivity index (χ0n) is 13.0. The monoisotopic (exact) mass is 286 g/mol. The van der Waals surface area contributed by atoms with E-state index in [9.17, 15) is 5.11 Å². The van der Waals surface area contributed by atoms with Crippen molar-refractivity contribution in [3.05, 3.63) is 41.0 Å². The van der Waals surface area contributed by atoms with Gasteiger partial charge in [-0.3, -0.25) is 0 Å². The van der Waals surface area contributed by atoms with Crippen LogP contribution >= 0.6 is 0 Å². The average Bonchev–Trinajstić information content (AvgIpc) is 2.50. The summed E-state index contributed by atoms with van der Waals surface area (Å²) in [6.45, 7) is 6.08. The highest BCUT2D eigenvalue weighted by Crippen LogP contribution is 2.47. The predicted molar refractivity (Wildman–Crippen MR) is 83.8 cm³/mol. The van der Waals surface area contributed by atoms with Crippen LogP contribution in [0, 0.1) is 0 Å². The van der Waals surface area contributed by atoms with Gasteiger partial charge in [-0.05, 0) is 36.8 Å². The lowest BCUT2D eigenvalue weighted by molar-refractivity contribution is -0.0818. The second kappa shape index (κ2) is 5.32. The van der Waals surface area contributed by atoms with Crippen molar-refractivity contribution in [2.45, 2.75) is 45.5 Å². The van der Waals surface area contributed by atoms with E-state index in [0.29, 0.717) is 0 Å². The van der Waals surface area contributed by atoms with E-state index in [0.717, 1.165) is 34.1 Å². The molecule has 3 atom stereocenters. The molecule has 2 aromatic rings. The van der Waals surface area contributed by atoms with Crippen molar-refractivity contribution in [2.24, 2.45) is 0 Å². The van der Waals surface area contributed by atoms with Gasteiger partial charge in [0.1, 0.15) is 11.9 Å². The molecule has 0 saturated carbocycles. The summed E-state index contributed by atoms with van der Waals surface area (Å²) in [6, 6.07) is 8.23. The molecule has 112 valence electrons. The summed E-state index contributed by atoms with van der Waals surface area (Å²) in [5.74, 6) is 0.830. The fraction of sp³-hybridized carbons (Fsp3) is 0.444. The number of hydrogen-bond donors (Lipinski definition) is 1. The first kappa shape index (κ1) is 14.4. The normalized spacial score (nSPS) is 24.9. The Hall–Kier alpha value is -1.58. The number of fused-ring (bicyclic) bond motifs is 2. The summed E-state index contributed by atoms with van der Waals surface area (Å²) in [5, 5.41) is 12.9. The van der Waals surface area contributed by atoms with Gasteiger partial charge < -0.3 is 14.6 Å². The first-order valence-corrected chi connectivity index (χ1v) is 7.55. The summed E-state index contributed by atoms with van der Waals surface area (Å²) in [7, 11) is 1.69. The van der Waals surface area contributed by atoms with Crippen LogP contribution in [0.15, 0.2) is 24.3 Å². The van der Waals surface area contributed by atoms with Crippen molar-refractivity contribution in [1.29, 1.82) is 0 Å². The van der Waals surface area contributed by atoms with Crippen LogP contribution < -0.4 is 4.74 Å². The average molecular weight is 286 g/mol. The Morgan fingerprint density at radius 3 is 2.43 bits per heavy atom. The molecule has 1 N–H and O–H groups in total. The first-order chi connectivity index (χ1) is 10.1. The number of aryl methyl sites for hydroxylation is 1. The van der Waals surface area contributed by atoms with Gasteiger partial charge in [0.15, 0.2) is 0 Å². The fourth-order valence-corrected chi connectivity index (χ4v) is 3.56. The molecule has 1 aliphatic rings. The maximum Gasteiger partial charge on any atom is 0.132 e. The van der Waals surface area contributed by atoms with Gasteiger partial charge in [0, 0.05) is 10.9 Å². The SMILES string of the molecule is CCc1c2c(c(OC)c3ccccc13)[C@@H](C)O[C@H](C)[C@H]2O. The summed E-state index contributed by atoms with van der Waals surface area (Å²) < 4.78 is 11.6. The zero-order valence-corrected chi connectivity index (χ0v) is 13.0. The van der Waals surface area contributed by atoms with E-state index < -0.39 is 6.10 Å². The van der Waals surface area contributed by atoms with Crippen molar-refractivity contribution in [1.82, 2.24) is 0 Å². The van der Waals surface area contributed by atoms with Crippen molar-refractivity contribution < 1.29 is 14.6 Å². The van der Waals surface area contributed by atoms with E-state index in [4.69, 9.17) is 9.47 Å².